The van der Waals surface area contributed by atoms with Crippen molar-refractivity contribution in [2.45, 2.75) is 13.0 Å². The van der Waals surface area contributed by atoms with Crippen LogP contribution in [0.25, 0.3) is 16.4 Å². The molecule has 1 amide bonds. The molecular weight excluding hydrogens is 403 g/mol. The van der Waals surface area contributed by atoms with Crippen molar-refractivity contribution in [1.29, 1.82) is 0 Å². The second-order valence-electron chi connectivity index (χ2n) is 6.48. The van der Waals surface area contributed by atoms with Crippen LogP contribution in [-0.2, 0) is 9.84 Å². The lowest BCUT2D eigenvalue weighted by molar-refractivity contribution is 0.0744. The van der Waals surface area contributed by atoms with E-state index in [1.165, 1.54) is 40.1 Å². The zero-order chi connectivity index (χ0) is 20.5. The van der Waals surface area contributed by atoms with Crippen molar-refractivity contribution in [3.63, 3.8) is 0 Å². The molecule has 1 aromatic carbocycles. The van der Waals surface area contributed by atoms with Crippen LogP contribution in [-0.4, -0.2) is 59.1 Å². The summed E-state index contributed by atoms with van der Waals surface area (Å²) in [5.74, 6) is -0.641. The first-order valence-corrected chi connectivity index (χ1v) is 11.3. The van der Waals surface area contributed by atoms with Gasteiger partial charge in [-0.15, -0.1) is 16.4 Å². The van der Waals surface area contributed by atoms with Gasteiger partial charge in [0.2, 0.25) is 5.82 Å². The molecule has 1 unspecified atom stereocenters. The Morgan fingerprint density at radius 3 is 2.54 bits per heavy atom. The van der Waals surface area contributed by atoms with E-state index < -0.39 is 21.8 Å². The molecule has 3 aromatic rings. The fourth-order valence-electron chi connectivity index (χ4n) is 2.64. The van der Waals surface area contributed by atoms with Crippen LogP contribution in [0.5, 0.6) is 0 Å². The van der Waals surface area contributed by atoms with Gasteiger partial charge in [-0.05, 0) is 42.6 Å². The minimum atomic E-state index is -3.24. The second kappa shape index (κ2) is 7.80. The predicted molar refractivity (Wildman–Crippen MR) is 106 cm³/mol. The van der Waals surface area contributed by atoms with Gasteiger partial charge in [0.1, 0.15) is 15.7 Å². The van der Waals surface area contributed by atoms with Crippen molar-refractivity contribution in [2.75, 3.05) is 19.1 Å². The number of sulfone groups is 1. The monoisotopic (exact) mass is 422 g/mol. The van der Waals surface area contributed by atoms with E-state index >= 15 is 0 Å². The normalized spacial score (nSPS) is 12.7. The summed E-state index contributed by atoms with van der Waals surface area (Å²) in [6.45, 7) is 1.65. The topological polar surface area (TPSA) is 85.2 Å². The molecule has 3 rings (SSSR count). The highest BCUT2D eigenvalue weighted by atomic mass is 32.2. The van der Waals surface area contributed by atoms with Crippen molar-refractivity contribution >= 4 is 27.1 Å². The summed E-state index contributed by atoms with van der Waals surface area (Å²) in [5.41, 5.74) is 0.559. The van der Waals surface area contributed by atoms with Crippen molar-refractivity contribution < 1.29 is 17.6 Å². The number of halogens is 1. The van der Waals surface area contributed by atoms with Crippen LogP contribution >= 0.6 is 11.3 Å². The Kier molecular flexibility index (Phi) is 5.61. The van der Waals surface area contributed by atoms with Crippen LogP contribution in [0.2, 0.25) is 0 Å². The number of carbonyl (C=O) groups excluding carboxylic acids is 1. The fraction of sp³-hybridized carbons (Fsp3) is 0.278. The van der Waals surface area contributed by atoms with Crippen molar-refractivity contribution in [2.24, 2.45) is 0 Å². The summed E-state index contributed by atoms with van der Waals surface area (Å²) < 4.78 is 37.8. The third kappa shape index (κ3) is 4.45. The van der Waals surface area contributed by atoms with Gasteiger partial charge in [0, 0.05) is 19.3 Å². The maximum Gasteiger partial charge on any atom is 0.293 e. The molecule has 0 saturated carbocycles. The van der Waals surface area contributed by atoms with Crippen molar-refractivity contribution in [1.82, 2.24) is 19.7 Å². The quantitative estimate of drug-likeness (QED) is 0.610. The molecule has 1 atom stereocenters. The lowest BCUT2D eigenvalue weighted by atomic mass is 10.3. The molecule has 0 bridgehead atoms. The molecule has 10 heteroatoms. The number of hydrogen-bond donors (Lipinski definition) is 0. The summed E-state index contributed by atoms with van der Waals surface area (Å²) in [6, 6.07) is 8.86. The van der Waals surface area contributed by atoms with Crippen molar-refractivity contribution in [3.05, 3.63) is 53.4 Å². The first-order chi connectivity index (χ1) is 13.2. The molecule has 0 aliphatic rings. The van der Waals surface area contributed by atoms with E-state index in [1.807, 2.05) is 17.5 Å². The zero-order valence-corrected chi connectivity index (χ0v) is 17.2. The van der Waals surface area contributed by atoms with E-state index in [0.717, 1.165) is 11.1 Å². The number of nitrogens with zero attached hydrogens (tertiary/aromatic N) is 4. The van der Waals surface area contributed by atoms with E-state index in [1.54, 1.807) is 19.1 Å². The maximum absolute atomic E-state index is 13.3. The molecule has 7 nitrogen and oxygen atoms in total. The average Bonchev–Trinajstić information content (AvgIpc) is 3.29. The van der Waals surface area contributed by atoms with E-state index in [-0.39, 0.29) is 17.4 Å². The van der Waals surface area contributed by atoms with Gasteiger partial charge in [0.15, 0.2) is 5.82 Å². The highest BCUT2D eigenvalue weighted by Gasteiger charge is 2.26. The first kappa shape index (κ1) is 20.2. The lowest BCUT2D eigenvalue weighted by Crippen LogP contribution is -2.39. The summed E-state index contributed by atoms with van der Waals surface area (Å²) in [4.78, 5) is 19.3. The van der Waals surface area contributed by atoms with Gasteiger partial charge >= 0.3 is 0 Å². The molecule has 0 spiro atoms. The summed E-state index contributed by atoms with van der Waals surface area (Å²) in [7, 11) is -1.73. The van der Waals surface area contributed by atoms with E-state index in [9.17, 15) is 17.6 Å². The van der Waals surface area contributed by atoms with Gasteiger partial charge in [0.25, 0.3) is 5.91 Å². The summed E-state index contributed by atoms with van der Waals surface area (Å²) >= 11 is 1.43. The number of carbonyl (C=O) groups is 1. The Balaban J connectivity index is 1.99. The molecule has 2 aromatic heterocycles. The van der Waals surface area contributed by atoms with Crippen LogP contribution in [0.1, 0.15) is 17.5 Å². The van der Waals surface area contributed by atoms with Crippen molar-refractivity contribution in [3.8, 4) is 16.4 Å². The van der Waals surface area contributed by atoms with Crippen LogP contribution in [0.15, 0.2) is 41.8 Å². The Labute approximate surface area is 166 Å². The van der Waals surface area contributed by atoms with Crippen LogP contribution in [0.3, 0.4) is 0 Å². The molecule has 0 aliphatic carbocycles. The molecule has 0 fully saturated rings. The molecule has 0 aliphatic heterocycles. The number of hydrogen-bond acceptors (Lipinski definition) is 6. The highest BCUT2D eigenvalue weighted by Crippen LogP contribution is 2.26. The smallest absolute Gasteiger partial charge is 0.293 e. The van der Waals surface area contributed by atoms with Gasteiger partial charge < -0.3 is 4.90 Å². The predicted octanol–water partition coefficient (Wildman–Crippen LogP) is 2.64. The lowest BCUT2D eigenvalue weighted by Gasteiger charge is -2.22. The van der Waals surface area contributed by atoms with Crippen LogP contribution < -0.4 is 0 Å². The second-order valence-corrected chi connectivity index (χ2v) is 9.61. The standard InChI is InChI=1S/C18H19FN4O3S2/c1-12(11-28(3,25)26)22(2)18(24)16-20-17(15-5-4-10-27-15)23(21-16)14-8-6-13(19)7-9-14/h4-10,12H,11H2,1-3H3. The molecule has 28 heavy (non-hydrogen) atoms. The number of rotatable bonds is 6. The highest BCUT2D eigenvalue weighted by molar-refractivity contribution is 7.90. The number of benzene rings is 1. The molecular formula is C18H19FN4O3S2. The maximum atomic E-state index is 13.3. The minimum Gasteiger partial charge on any atom is -0.335 e. The number of thiophene rings is 1. The molecule has 0 radical (unpaired) electrons. The van der Waals surface area contributed by atoms with Gasteiger partial charge in [-0.1, -0.05) is 6.07 Å². The van der Waals surface area contributed by atoms with Crippen LogP contribution in [0.4, 0.5) is 4.39 Å². The fourth-order valence-corrected chi connectivity index (χ4v) is 4.44. The molecule has 148 valence electrons. The van der Waals surface area contributed by atoms with Gasteiger partial charge in [-0.2, -0.15) is 0 Å². The number of amides is 1. The third-order valence-electron chi connectivity index (χ3n) is 4.14. The molecule has 0 saturated heterocycles. The van der Waals surface area contributed by atoms with Gasteiger partial charge in [-0.25, -0.2) is 22.5 Å². The SMILES string of the molecule is CC(CS(C)(=O)=O)N(C)C(=O)c1nc(-c2cccs2)n(-c2ccc(F)cc2)n1. The Bertz CT molecular complexity index is 1080. The first-order valence-electron chi connectivity index (χ1n) is 8.37. The van der Waals surface area contributed by atoms with Gasteiger partial charge in [0.05, 0.1) is 16.3 Å². The summed E-state index contributed by atoms with van der Waals surface area (Å²) in [5, 5.41) is 6.19. The number of aromatic nitrogens is 3. The van der Waals surface area contributed by atoms with E-state index in [4.69, 9.17) is 0 Å². The zero-order valence-electron chi connectivity index (χ0n) is 15.5. The summed E-state index contributed by atoms with van der Waals surface area (Å²) in [6.07, 6.45) is 1.12. The molecule has 0 N–H and O–H groups in total. The average molecular weight is 423 g/mol. The Hall–Kier alpha value is -2.59. The van der Waals surface area contributed by atoms with Crippen LogP contribution in [0, 0.1) is 5.82 Å². The largest absolute Gasteiger partial charge is 0.335 e. The Morgan fingerprint density at radius 2 is 1.96 bits per heavy atom. The minimum absolute atomic E-state index is 0.0597. The third-order valence-corrected chi connectivity index (χ3v) is 6.09. The van der Waals surface area contributed by atoms with E-state index in [0.29, 0.717) is 11.5 Å². The Morgan fingerprint density at radius 1 is 1.29 bits per heavy atom. The van der Waals surface area contributed by atoms with E-state index in [2.05, 4.69) is 10.1 Å². The molecule has 2 heterocycles. The van der Waals surface area contributed by atoms with Gasteiger partial charge in [-0.3, -0.25) is 4.79 Å².